The van der Waals surface area contributed by atoms with Gasteiger partial charge in [-0.15, -0.1) is 0 Å². The van der Waals surface area contributed by atoms with Gasteiger partial charge in [-0.1, -0.05) is 11.2 Å². The first-order valence-corrected chi connectivity index (χ1v) is 7.80. The number of benzene rings is 1. The van der Waals surface area contributed by atoms with Gasteiger partial charge in [-0.05, 0) is 50.1 Å². The van der Waals surface area contributed by atoms with Crippen LogP contribution in [-0.2, 0) is 11.3 Å². The van der Waals surface area contributed by atoms with Gasteiger partial charge in [-0.2, -0.15) is 4.98 Å². The van der Waals surface area contributed by atoms with Crippen LogP contribution in [0.3, 0.4) is 0 Å². The molecule has 0 radical (unpaired) electrons. The normalized spacial score (nSPS) is 10.7. The van der Waals surface area contributed by atoms with Crippen LogP contribution < -0.4 is 10.9 Å². The number of anilines is 1. The van der Waals surface area contributed by atoms with Crippen LogP contribution in [0.4, 0.5) is 5.69 Å². The zero-order chi connectivity index (χ0) is 18.0. The van der Waals surface area contributed by atoms with Crippen molar-refractivity contribution in [3.8, 4) is 11.5 Å². The first-order valence-electron chi connectivity index (χ1n) is 7.80. The average Bonchev–Trinajstić information content (AvgIpc) is 2.95. The summed E-state index contributed by atoms with van der Waals surface area (Å²) in [6.07, 6.45) is 1.54. The Morgan fingerprint density at radius 1 is 1.16 bits per heavy atom. The van der Waals surface area contributed by atoms with Crippen LogP contribution in [0.2, 0.25) is 0 Å². The highest BCUT2D eigenvalue weighted by Gasteiger charge is 2.11. The van der Waals surface area contributed by atoms with Crippen molar-refractivity contribution in [2.45, 2.75) is 27.3 Å². The maximum Gasteiger partial charge on any atom is 0.259 e. The van der Waals surface area contributed by atoms with E-state index in [4.69, 9.17) is 4.52 Å². The van der Waals surface area contributed by atoms with E-state index < -0.39 is 0 Å². The van der Waals surface area contributed by atoms with Gasteiger partial charge >= 0.3 is 0 Å². The molecule has 1 N–H and O–H groups in total. The van der Waals surface area contributed by atoms with Crippen molar-refractivity contribution >= 4 is 11.6 Å². The summed E-state index contributed by atoms with van der Waals surface area (Å²) in [5, 5.41) is 6.54. The molecule has 25 heavy (non-hydrogen) atoms. The van der Waals surface area contributed by atoms with Crippen molar-refractivity contribution in [3.63, 3.8) is 0 Å². The number of amides is 1. The highest BCUT2D eigenvalue weighted by Crippen LogP contribution is 2.16. The van der Waals surface area contributed by atoms with E-state index in [1.165, 1.54) is 16.8 Å². The summed E-state index contributed by atoms with van der Waals surface area (Å²) in [7, 11) is 0. The molecule has 0 atom stereocenters. The number of carbonyl (C=O) groups is 1. The van der Waals surface area contributed by atoms with Crippen molar-refractivity contribution in [1.82, 2.24) is 14.7 Å². The number of carbonyl (C=O) groups excluding carboxylic acids is 1. The van der Waals surface area contributed by atoms with Crippen LogP contribution in [0.25, 0.3) is 11.5 Å². The van der Waals surface area contributed by atoms with E-state index in [9.17, 15) is 9.59 Å². The average molecular weight is 338 g/mol. The van der Waals surface area contributed by atoms with E-state index >= 15 is 0 Å². The van der Waals surface area contributed by atoms with Crippen molar-refractivity contribution < 1.29 is 9.32 Å². The summed E-state index contributed by atoms with van der Waals surface area (Å²) >= 11 is 0. The Morgan fingerprint density at radius 2 is 1.88 bits per heavy atom. The maximum atomic E-state index is 12.3. The Balaban J connectivity index is 1.80. The smallest absolute Gasteiger partial charge is 0.259 e. The van der Waals surface area contributed by atoms with Gasteiger partial charge in [0, 0.05) is 18.0 Å². The minimum Gasteiger partial charge on any atom is -0.334 e. The zero-order valence-electron chi connectivity index (χ0n) is 14.2. The third kappa shape index (κ3) is 4.00. The summed E-state index contributed by atoms with van der Waals surface area (Å²) in [5.41, 5.74) is 3.12. The van der Waals surface area contributed by atoms with E-state index in [1.54, 1.807) is 13.0 Å². The van der Waals surface area contributed by atoms with Gasteiger partial charge in [0.15, 0.2) is 5.82 Å². The number of hydrogen-bond donors (Lipinski definition) is 1. The molecule has 0 saturated heterocycles. The van der Waals surface area contributed by atoms with Gasteiger partial charge < -0.3 is 14.4 Å². The van der Waals surface area contributed by atoms with Crippen LogP contribution in [-0.4, -0.2) is 20.6 Å². The molecule has 0 aliphatic heterocycles. The highest BCUT2D eigenvalue weighted by atomic mass is 16.5. The van der Waals surface area contributed by atoms with Crippen LogP contribution in [0.15, 0.2) is 45.8 Å². The molecule has 2 aromatic heterocycles. The Bertz CT molecular complexity index is 968. The summed E-state index contributed by atoms with van der Waals surface area (Å²) < 4.78 is 6.41. The molecule has 2 heterocycles. The number of pyridine rings is 1. The molecular weight excluding hydrogens is 320 g/mol. The molecule has 0 saturated carbocycles. The van der Waals surface area contributed by atoms with Gasteiger partial charge in [0.05, 0.1) is 5.56 Å². The number of aromatic nitrogens is 3. The molecule has 0 aliphatic rings. The summed E-state index contributed by atoms with van der Waals surface area (Å²) in [4.78, 5) is 28.4. The molecule has 128 valence electrons. The second-order valence-electron chi connectivity index (χ2n) is 5.96. The van der Waals surface area contributed by atoms with E-state index in [0.717, 1.165) is 11.1 Å². The fourth-order valence-electron chi connectivity index (χ4n) is 2.60. The third-order valence-corrected chi connectivity index (χ3v) is 3.58. The lowest BCUT2D eigenvalue weighted by Crippen LogP contribution is -2.26. The van der Waals surface area contributed by atoms with Crippen molar-refractivity contribution in [2.75, 3.05) is 5.32 Å². The van der Waals surface area contributed by atoms with E-state index in [2.05, 4.69) is 15.5 Å². The van der Waals surface area contributed by atoms with Crippen molar-refractivity contribution in [2.24, 2.45) is 0 Å². The Hall–Kier alpha value is -3.22. The first kappa shape index (κ1) is 16.6. The number of rotatable bonds is 4. The third-order valence-electron chi connectivity index (χ3n) is 3.58. The number of aryl methyl sites for hydroxylation is 3. The van der Waals surface area contributed by atoms with Crippen LogP contribution in [0.1, 0.15) is 17.0 Å². The second-order valence-corrected chi connectivity index (χ2v) is 5.96. The van der Waals surface area contributed by atoms with Gasteiger partial charge in [0.25, 0.3) is 11.4 Å². The van der Waals surface area contributed by atoms with Gasteiger partial charge in [0.1, 0.15) is 6.54 Å². The molecule has 1 amide bonds. The molecule has 0 unspecified atom stereocenters. The molecule has 0 aliphatic carbocycles. The number of hydrogen-bond acceptors (Lipinski definition) is 5. The maximum absolute atomic E-state index is 12.3. The van der Waals surface area contributed by atoms with Gasteiger partial charge in [-0.25, -0.2) is 0 Å². The minimum atomic E-state index is -0.286. The lowest BCUT2D eigenvalue weighted by atomic mass is 10.1. The molecule has 0 fully saturated rings. The van der Waals surface area contributed by atoms with E-state index in [1.807, 2.05) is 32.0 Å². The lowest BCUT2D eigenvalue weighted by Gasteiger charge is -2.09. The van der Waals surface area contributed by atoms with Gasteiger partial charge in [0.2, 0.25) is 5.91 Å². The van der Waals surface area contributed by atoms with Crippen LogP contribution >= 0.6 is 0 Å². The van der Waals surface area contributed by atoms with Crippen molar-refractivity contribution in [3.05, 3.63) is 63.8 Å². The quantitative estimate of drug-likeness (QED) is 0.789. The molecule has 1 aromatic carbocycles. The van der Waals surface area contributed by atoms with Crippen molar-refractivity contribution in [1.29, 1.82) is 0 Å². The Labute approximate surface area is 144 Å². The summed E-state index contributed by atoms with van der Waals surface area (Å²) in [6, 6.07) is 8.75. The summed E-state index contributed by atoms with van der Waals surface area (Å²) in [5.74, 6) is 0.521. The predicted molar refractivity (Wildman–Crippen MR) is 93.3 cm³/mol. The fourth-order valence-corrected chi connectivity index (χ4v) is 2.60. The fraction of sp³-hybridized carbons (Fsp3) is 0.222. The molecule has 7 heteroatoms. The van der Waals surface area contributed by atoms with E-state index in [-0.39, 0.29) is 18.0 Å². The second kappa shape index (κ2) is 6.72. The number of nitrogens with zero attached hydrogens (tertiary/aromatic N) is 3. The Kier molecular flexibility index (Phi) is 4.47. The molecule has 7 nitrogen and oxygen atoms in total. The highest BCUT2D eigenvalue weighted by molar-refractivity contribution is 5.90. The van der Waals surface area contributed by atoms with E-state index in [0.29, 0.717) is 23.0 Å². The number of nitrogens with one attached hydrogen (secondary N) is 1. The first-order chi connectivity index (χ1) is 11.9. The van der Waals surface area contributed by atoms with Gasteiger partial charge in [-0.3, -0.25) is 9.59 Å². The lowest BCUT2D eigenvalue weighted by molar-refractivity contribution is -0.116. The monoisotopic (exact) mass is 338 g/mol. The largest absolute Gasteiger partial charge is 0.334 e. The predicted octanol–water partition coefficient (Wildman–Crippen LogP) is 2.46. The standard InChI is InChI=1S/C18H18N4O3/c1-11-6-12(2)8-15(7-11)20-16(23)10-22-9-14(4-5-17(22)24)18-19-13(3)21-25-18/h4-9H,10H2,1-3H3,(H,20,23). The SMILES string of the molecule is Cc1cc(C)cc(NC(=O)Cn2cc(-c3nc(C)no3)ccc2=O)c1. The molecule has 3 aromatic rings. The van der Waals surface area contributed by atoms with Crippen LogP contribution in [0.5, 0.6) is 0 Å². The molecule has 0 bridgehead atoms. The molecular formula is C18H18N4O3. The Morgan fingerprint density at radius 3 is 2.52 bits per heavy atom. The zero-order valence-corrected chi connectivity index (χ0v) is 14.2. The summed E-state index contributed by atoms with van der Waals surface area (Å²) in [6.45, 7) is 5.53. The molecule has 0 spiro atoms. The van der Waals surface area contributed by atoms with Crippen LogP contribution in [0, 0.1) is 20.8 Å². The molecule has 3 rings (SSSR count). The minimum absolute atomic E-state index is 0.104. The topological polar surface area (TPSA) is 90.0 Å².